The molecule has 5 nitrogen and oxygen atoms in total. The van der Waals surface area contributed by atoms with E-state index < -0.39 is 24.7 Å². The molecule has 0 aromatic carbocycles. The summed E-state index contributed by atoms with van der Waals surface area (Å²) in [5.41, 5.74) is 0. The van der Waals surface area contributed by atoms with Gasteiger partial charge in [-0.2, -0.15) is 0 Å². The first-order chi connectivity index (χ1) is 3.15. The van der Waals surface area contributed by atoms with E-state index in [0.29, 0.717) is 0 Å². The van der Waals surface area contributed by atoms with E-state index in [9.17, 15) is 0 Å². The van der Waals surface area contributed by atoms with Crippen molar-refractivity contribution >= 4 is 24.7 Å². The van der Waals surface area contributed by atoms with Crippen LogP contribution in [0.3, 0.4) is 0 Å². The van der Waals surface area contributed by atoms with Gasteiger partial charge >= 0.3 is 178 Å². The monoisotopic (exact) mass is 252 g/mol. The van der Waals surface area contributed by atoms with Gasteiger partial charge in [-0.15, -0.1) is 0 Å². The summed E-state index contributed by atoms with van der Waals surface area (Å²) >= 11 is -1.75. The molecule has 0 unspecified atom stereocenters. The van der Waals surface area contributed by atoms with Gasteiger partial charge in [0.2, 0.25) is 0 Å². The molecule has 0 fully saturated rings. The topological polar surface area (TPSA) is 103 Å². The molecule has 10 heteroatoms. The van der Waals surface area contributed by atoms with Crippen molar-refractivity contribution in [2.45, 2.75) is 0 Å². The second-order valence-corrected chi connectivity index (χ2v) is 1.04. The summed E-state index contributed by atoms with van der Waals surface area (Å²) in [6.45, 7) is 0. The second-order valence-electron chi connectivity index (χ2n) is 0.346. The Bertz CT molecular complexity index is 63.9. The first kappa shape index (κ1) is 29.3. The molecule has 0 radical (unpaired) electrons. The van der Waals surface area contributed by atoms with Crippen molar-refractivity contribution in [2.24, 2.45) is 0 Å². The molecule has 0 spiro atoms. The summed E-state index contributed by atoms with van der Waals surface area (Å²) in [5, 5.41) is 0. The number of hydrogen-bond acceptors (Lipinski definition) is 5. The van der Waals surface area contributed by atoms with Crippen molar-refractivity contribution in [1.82, 2.24) is 0 Å². The molecule has 0 N–H and O–H groups in total. The Balaban J connectivity index is -0.0000000131. The van der Waals surface area contributed by atoms with Crippen LogP contribution in [0.5, 0.6) is 0 Å². The Kier molecular flexibility index (Phi) is 85.6. The van der Waals surface area contributed by atoms with Crippen LogP contribution in [0.2, 0.25) is 0 Å². The van der Waals surface area contributed by atoms with Crippen LogP contribution in [-0.2, 0) is 8.27 Å². The molecule has 10 heavy (non-hydrogen) atoms. The van der Waals surface area contributed by atoms with Gasteiger partial charge in [0.1, 0.15) is 0 Å². The Morgan fingerprint density at radius 2 is 1.10 bits per heavy atom. The summed E-state index contributed by atoms with van der Waals surface area (Å²) in [6.07, 6.45) is 0. The average molecular weight is 252 g/mol. The SMILES string of the molecule is O=[Si]([O-])[O-].[K+].[K+].[K+].[O]=[Al][O-]. The van der Waals surface area contributed by atoms with Gasteiger partial charge < -0.3 is 14.1 Å². The molecule has 0 atom stereocenters. The third kappa shape index (κ3) is 79.3. The van der Waals surface area contributed by atoms with E-state index in [1.54, 1.807) is 0 Å². The maximum absolute atomic E-state index is 8.52. The molecule has 0 saturated heterocycles. The Morgan fingerprint density at radius 3 is 1.10 bits per heavy atom. The first-order valence-electron chi connectivity index (χ1n) is 1.08. The second kappa shape index (κ2) is 29.2. The third-order valence-electron chi connectivity index (χ3n) is 0. The first-order valence-corrected chi connectivity index (χ1v) is 3.25. The van der Waals surface area contributed by atoms with Crippen LogP contribution in [0.1, 0.15) is 0 Å². The minimum absolute atomic E-state index is 0. The van der Waals surface area contributed by atoms with E-state index >= 15 is 0 Å². The van der Waals surface area contributed by atoms with Gasteiger partial charge in [-0.1, -0.05) is 0 Å². The van der Waals surface area contributed by atoms with Crippen molar-refractivity contribution in [3.63, 3.8) is 0 Å². The average Bonchev–Trinajstić information content (AvgIpc) is 1.33. The minimum atomic E-state index is -3.63. The van der Waals surface area contributed by atoms with Crippen molar-refractivity contribution < 1.29 is 176 Å². The van der Waals surface area contributed by atoms with Gasteiger partial charge in [0.25, 0.3) is 0 Å². The summed E-state index contributed by atoms with van der Waals surface area (Å²) in [4.78, 5) is 17.0. The van der Waals surface area contributed by atoms with Gasteiger partial charge in [-0.25, -0.2) is 0 Å². The number of rotatable bonds is 0. The molecule has 0 bridgehead atoms. The van der Waals surface area contributed by atoms with Gasteiger partial charge in [0.15, 0.2) is 0 Å². The van der Waals surface area contributed by atoms with Crippen LogP contribution in [0.4, 0.5) is 0 Å². The molecule has 0 aliphatic heterocycles. The van der Waals surface area contributed by atoms with Gasteiger partial charge in [0, 0.05) is 9.17 Å². The van der Waals surface area contributed by atoms with E-state index in [-0.39, 0.29) is 154 Å². The van der Waals surface area contributed by atoms with Crippen LogP contribution < -0.4 is 168 Å². The van der Waals surface area contributed by atoms with Crippen LogP contribution in [0.25, 0.3) is 0 Å². The molecule has 0 aromatic rings. The molecule has 0 amide bonds. The predicted molar refractivity (Wildman–Crippen MR) is 12.9 cm³/mol. The predicted octanol–water partition coefficient (Wildman–Crippen LogP) is -13.6. The summed E-state index contributed by atoms with van der Waals surface area (Å²) in [5.74, 6) is 0. The molecule has 0 saturated carbocycles. The zero-order valence-corrected chi connectivity index (χ0v) is 17.6. The zero-order chi connectivity index (χ0) is 6.28. The zero-order valence-electron chi connectivity index (χ0n) is 6.12. The maximum atomic E-state index is 8.52. The van der Waals surface area contributed by atoms with Crippen LogP contribution in [-0.4, -0.2) is 24.7 Å². The van der Waals surface area contributed by atoms with Crippen molar-refractivity contribution in [2.75, 3.05) is 0 Å². The molecule has 0 aliphatic rings. The van der Waals surface area contributed by atoms with E-state index in [1.165, 1.54) is 0 Å². The fourth-order valence-corrected chi connectivity index (χ4v) is 0. The molecule has 0 aromatic heterocycles. The number of hydrogen-bond donors (Lipinski definition) is 0. The standard InChI is InChI=1S/Al.3K.O3Si.2O/c;;;;1-4(2)3;;/q;3*+1;-2;;-1. The molecular formula is AlK3O5Si. The molecule has 0 heterocycles. The normalized spacial score (nSPS) is 3.20. The summed E-state index contributed by atoms with van der Waals surface area (Å²) in [7, 11) is -3.63. The molecule has 40 valence electrons. The Hall–Kier alpha value is 4.66. The van der Waals surface area contributed by atoms with Crippen molar-refractivity contribution in [1.29, 1.82) is 0 Å². The molecule has 0 rings (SSSR count). The van der Waals surface area contributed by atoms with Crippen molar-refractivity contribution in [3.05, 3.63) is 0 Å². The Labute approximate surface area is 194 Å². The van der Waals surface area contributed by atoms with Gasteiger partial charge in [-0.3, -0.25) is 0 Å². The van der Waals surface area contributed by atoms with Crippen LogP contribution >= 0.6 is 0 Å². The molecule has 0 aliphatic carbocycles. The summed E-state index contributed by atoms with van der Waals surface area (Å²) in [6, 6.07) is 0. The summed E-state index contributed by atoms with van der Waals surface area (Å²) < 4.78 is 25.4. The van der Waals surface area contributed by atoms with Gasteiger partial charge in [0.05, 0.1) is 0 Å². The Morgan fingerprint density at radius 1 is 1.10 bits per heavy atom. The van der Waals surface area contributed by atoms with Crippen LogP contribution in [0, 0.1) is 0 Å². The van der Waals surface area contributed by atoms with E-state index in [0.717, 1.165) is 0 Å². The fourth-order valence-electron chi connectivity index (χ4n) is 0. The third-order valence-corrected chi connectivity index (χ3v) is 0. The molecular weight excluding hydrogens is 252 g/mol. The fraction of sp³-hybridized carbons (Fsp3) is 0. The van der Waals surface area contributed by atoms with E-state index in [4.69, 9.17) is 22.0 Å². The van der Waals surface area contributed by atoms with E-state index in [1.807, 2.05) is 0 Å². The van der Waals surface area contributed by atoms with Gasteiger partial charge in [-0.05, 0) is 0 Å². The van der Waals surface area contributed by atoms with E-state index in [2.05, 4.69) is 0 Å². The van der Waals surface area contributed by atoms with Crippen LogP contribution in [0.15, 0.2) is 0 Å². The quantitative estimate of drug-likeness (QED) is 0.398. The van der Waals surface area contributed by atoms with Crippen molar-refractivity contribution in [3.8, 4) is 0 Å².